The van der Waals surface area contributed by atoms with Gasteiger partial charge in [0, 0.05) is 5.70 Å². The van der Waals surface area contributed by atoms with Gasteiger partial charge >= 0.3 is 12.0 Å². The Kier molecular flexibility index (Phi) is 13.7. The van der Waals surface area contributed by atoms with Crippen LogP contribution in [0.1, 0.15) is 108 Å². The van der Waals surface area contributed by atoms with Crippen LogP contribution in [-0.4, -0.2) is 24.2 Å². The van der Waals surface area contributed by atoms with E-state index in [0.717, 1.165) is 25.7 Å². The number of unbranched alkanes of at least 4 members (excludes halogenated alkanes) is 11. The van der Waals surface area contributed by atoms with E-state index < -0.39 is 12.0 Å². The maximum absolute atomic E-state index is 12.6. The molecule has 6 heteroatoms. The molecular weight excluding hydrogens is 440 g/mol. The molecule has 0 saturated heterocycles. The number of hydrogen-bond donors (Lipinski definition) is 3. The first-order valence-electron chi connectivity index (χ1n) is 13.4. The smallest absolute Gasteiger partial charge is 0.337 e. The molecule has 1 aliphatic heterocycles. The molecule has 194 valence electrons. The fourth-order valence-corrected chi connectivity index (χ4v) is 4.49. The molecule has 0 aliphatic carbocycles. The van der Waals surface area contributed by atoms with Crippen molar-refractivity contribution in [2.24, 2.45) is 0 Å². The number of amides is 2. The average Bonchev–Trinajstić information content (AvgIpc) is 2.85. The van der Waals surface area contributed by atoms with E-state index in [2.05, 4.69) is 29.7 Å². The number of phenols is 1. The zero-order chi connectivity index (χ0) is 25.3. The lowest BCUT2D eigenvalue weighted by Gasteiger charge is -2.29. The van der Waals surface area contributed by atoms with Crippen LogP contribution in [0.3, 0.4) is 0 Å². The molecule has 0 fully saturated rings. The van der Waals surface area contributed by atoms with Crippen LogP contribution in [0.15, 0.2) is 47.7 Å². The number of phenolic OH excluding ortho intramolecular Hbond substituents is 1. The Labute approximate surface area is 211 Å². The van der Waals surface area contributed by atoms with Crippen LogP contribution >= 0.6 is 0 Å². The first-order chi connectivity index (χ1) is 17.1. The Morgan fingerprint density at radius 2 is 1.60 bits per heavy atom. The van der Waals surface area contributed by atoms with E-state index in [1.807, 2.05) is 0 Å². The molecular formula is C29H44N2O4. The molecule has 1 aromatic carbocycles. The molecule has 1 unspecified atom stereocenters. The van der Waals surface area contributed by atoms with Crippen molar-refractivity contribution in [1.29, 1.82) is 0 Å². The van der Waals surface area contributed by atoms with E-state index >= 15 is 0 Å². The van der Waals surface area contributed by atoms with Crippen LogP contribution in [0.25, 0.3) is 0 Å². The molecule has 1 aliphatic rings. The Balaban J connectivity index is 1.73. The maximum atomic E-state index is 12.6. The quantitative estimate of drug-likeness (QED) is 0.124. The number of esters is 1. The normalized spacial score (nSPS) is 15.8. The van der Waals surface area contributed by atoms with Gasteiger partial charge in [0.2, 0.25) is 0 Å². The Morgan fingerprint density at radius 1 is 0.971 bits per heavy atom. The largest absolute Gasteiger partial charge is 0.508 e. The molecule has 3 N–H and O–H groups in total. The van der Waals surface area contributed by atoms with Gasteiger partial charge in [0.05, 0.1) is 18.7 Å². The van der Waals surface area contributed by atoms with Crippen molar-refractivity contribution in [3.63, 3.8) is 0 Å². The molecule has 0 spiro atoms. The predicted octanol–water partition coefficient (Wildman–Crippen LogP) is 7.21. The van der Waals surface area contributed by atoms with Crippen molar-refractivity contribution in [3.05, 3.63) is 53.3 Å². The lowest BCUT2D eigenvalue weighted by atomic mass is 9.93. The molecule has 1 aromatic rings. The third-order valence-corrected chi connectivity index (χ3v) is 6.45. The fourth-order valence-electron chi connectivity index (χ4n) is 4.49. The minimum atomic E-state index is -0.651. The third kappa shape index (κ3) is 10.6. The lowest BCUT2D eigenvalue weighted by Crippen LogP contribution is -2.45. The van der Waals surface area contributed by atoms with Crippen LogP contribution in [0.5, 0.6) is 5.75 Å². The van der Waals surface area contributed by atoms with E-state index in [4.69, 9.17) is 4.74 Å². The fraction of sp³-hybridized carbons (Fsp3) is 0.586. The summed E-state index contributed by atoms with van der Waals surface area (Å²) in [5, 5.41) is 15.4. The summed E-state index contributed by atoms with van der Waals surface area (Å²) in [5.41, 5.74) is 1.64. The van der Waals surface area contributed by atoms with E-state index in [9.17, 15) is 14.7 Å². The second kappa shape index (κ2) is 16.8. The topological polar surface area (TPSA) is 87.7 Å². The molecule has 1 heterocycles. The third-order valence-electron chi connectivity index (χ3n) is 6.45. The first-order valence-corrected chi connectivity index (χ1v) is 13.4. The van der Waals surface area contributed by atoms with Crippen LogP contribution in [0.2, 0.25) is 0 Å². The number of rotatable bonds is 17. The highest BCUT2D eigenvalue weighted by Crippen LogP contribution is 2.31. The van der Waals surface area contributed by atoms with Crippen LogP contribution < -0.4 is 10.6 Å². The van der Waals surface area contributed by atoms with Gasteiger partial charge in [-0.25, -0.2) is 9.59 Å². The van der Waals surface area contributed by atoms with Crippen molar-refractivity contribution in [1.82, 2.24) is 10.6 Å². The summed E-state index contributed by atoms with van der Waals surface area (Å²) in [6, 6.07) is 5.57. The Bertz CT molecular complexity index is 847. The Hall–Kier alpha value is -2.76. The summed E-state index contributed by atoms with van der Waals surface area (Å²) in [4.78, 5) is 24.9. The number of benzene rings is 1. The number of allylic oxidation sites excluding steroid dienone is 3. The van der Waals surface area contributed by atoms with Crippen molar-refractivity contribution in [3.8, 4) is 5.75 Å². The molecule has 0 aromatic heterocycles. The summed E-state index contributed by atoms with van der Waals surface area (Å²) >= 11 is 0. The summed E-state index contributed by atoms with van der Waals surface area (Å²) in [6.45, 7) is 2.25. The van der Waals surface area contributed by atoms with Crippen molar-refractivity contribution in [2.75, 3.05) is 7.11 Å². The van der Waals surface area contributed by atoms with E-state index in [-0.39, 0.29) is 11.8 Å². The summed E-state index contributed by atoms with van der Waals surface area (Å²) in [5.74, 6) is -0.396. The number of aromatic hydroxyl groups is 1. The highest BCUT2D eigenvalue weighted by Gasteiger charge is 2.33. The predicted molar refractivity (Wildman–Crippen MR) is 141 cm³/mol. The van der Waals surface area contributed by atoms with Gasteiger partial charge in [-0.3, -0.25) is 0 Å². The molecule has 6 nitrogen and oxygen atoms in total. The van der Waals surface area contributed by atoms with Crippen LogP contribution in [0.4, 0.5) is 4.79 Å². The summed E-state index contributed by atoms with van der Waals surface area (Å²) in [6.07, 6.45) is 21.1. The van der Waals surface area contributed by atoms with Crippen molar-refractivity contribution >= 4 is 12.0 Å². The zero-order valence-corrected chi connectivity index (χ0v) is 21.6. The van der Waals surface area contributed by atoms with Crippen molar-refractivity contribution < 1.29 is 19.4 Å². The molecule has 2 amide bonds. The minimum Gasteiger partial charge on any atom is -0.508 e. The molecule has 0 saturated carbocycles. The number of hydrogen-bond acceptors (Lipinski definition) is 4. The number of ether oxygens (including phenoxy) is 1. The number of methoxy groups -OCH3 is 1. The van der Waals surface area contributed by atoms with Crippen LogP contribution in [0, 0.1) is 0 Å². The van der Waals surface area contributed by atoms with E-state index in [1.54, 1.807) is 24.3 Å². The van der Waals surface area contributed by atoms with E-state index in [0.29, 0.717) is 23.3 Å². The van der Waals surface area contributed by atoms with Crippen molar-refractivity contribution in [2.45, 2.75) is 103 Å². The second-order valence-corrected chi connectivity index (χ2v) is 9.34. The molecule has 0 bridgehead atoms. The highest BCUT2D eigenvalue weighted by atomic mass is 16.5. The standard InChI is InChI=1S/C29H44N2O4/c1-3-4-5-6-7-8-9-10-11-12-13-14-15-16-17-21-25-26(28(33)35-2)27(31-29(34)30-25)23-19-18-20-24(32)22-23/h10-11,18-20,22,27,32H,3-9,12-17,21H2,1-2H3,(H2,30,31,34)/b11-10-. The molecule has 2 rings (SSSR count). The van der Waals surface area contributed by atoms with E-state index in [1.165, 1.54) is 64.9 Å². The second-order valence-electron chi connectivity index (χ2n) is 9.34. The molecule has 35 heavy (non-hydrogen) atoms. The minimum absolute atomic E-state index is 0.0818. The number of nitrogens with one attached hydrogen (secondary N) is 2. The highest BCUT2D eigenvalue weighted by molar-refractivity contribution is 5.95. The summed E-state index contributed by atoms with van der Waals surface area (Å²) in [7, 11) is 1.34. The van der Waals surface area contributed by atoms with Crippen LogP contribution in [-0.2, 0) is 9.53 Å². The number of carbonyl (C=O) groups is 2. The van der Waals surface area contributed by atoms with Gasteiger partial charge in [-0.1, -0.05) is 82.6 Å². The summed E-state index contributed by atoms with van der Waals surface area (Å²) < 4.78 is 5.01. The first kappa shape index (κ1) is 28.5. The van der Waals surface area contributed by atoms with Gasteiger partial charge in [-0.05, 0) is 56.2 Å². The average molecular weight is 485 g/mol. The van der Waals surface area contributed by atoms with Gasteiger partial charge < -0.3 is 20.5 Å². The lowest BCUT2D eigenvalue weighted by molar-refractivity contribution is -0.136. The van der Waals surface area contributed by atoms with Gasteiger partial charge in [0.1, 0.15) is 5.75 Å². The SMILES string of the molecule is CCCCCCCC/C=C\CCCCCCCC1=C(C(=O)OC)C(c2cccc(O)c2)NC(=O)N1. The van der Waals surface area contributed by atoms with Gasteiger partial charge in [0.15, 0.2) is 0 Å². The monoisotopic (exact) mass is 484 g/mol. The van der Waals surface area contributed by atoms with Gasteiger partial charge in [-0.2, -0.15) is 0 Å². The Morgan fingerprint density at radius 3 is 2.23 bits per heavy atom. The number of carbonyl (C=O) groups excluding carboxylic acids is 2. The molecule has 1 atom stereocenters. The zero-order valence-electron chi connectivity index (χ0n) is 21.6. The van der Waals surface area contributed by atoms with Gasteiger partial charge in [0.25, 0.3) is 0 Å². The molecule has 0 radical (unpaired) electrons. The maximum Gasteiger partial charge on any atom is 0.337 e. The number of urea groups is 1. The van der Waals surface area contributed by atoms with Gasteiger partial charge in [-0.15, -0.1) is 0 Å².